The fraction of sp³-hybridized carbons (Fsp3) is 0.259. The number of hydrogen-bond acceptors (Lipinski definition) is 7. The molecule has 9 nitrogen and oxygen atoms in total. The number of H-pyrrole nitrogens is 2. The van der Waals surface area contributed by atoms with Gasteiger partial charge in [-0.05, 0) is 83.8 Å². The molecule has 2 aromatic heterocycles. The Labute approximate surface area is 280 Å². The number of hydrazine groups is 1. The second kappa shape index (κ2) is 14.9. The molecule has 230 valence electrons. The van der Waals surface area contributed by atoms with E-state index in [0.717, 1.165) is 31.7 Å². The molecule has 3 heterocycles. The first-order chi connectivity index (χ1) is 20.3. The van der Waals surface area contributed by atoms with Crippen LogP contribution < -0.4 is 21.9 Å². The molecule has 0 amide bonds. The zero-order valence-corrected chi connectivity index (χ0v) is 29.2. The summed E-state index contributed by atoms with van der Waals surface area (Å²) in [6.45, 7) is 8.09. The highest BCUT2D eigenvalue weighted by molar-refractivity contribution is 9.10. The summed E-state index contributed by atoms with van der Waals surface area (Å²) in [5.41, 5.74) is 1.78. The molecule has 1 aliphatic rings. The van der Waals surface area contributed by atoms with Crippen LogP contribution in [0.5, 0.6) is 5.75 Å². The molecule has 0 spiro atoms. The van der Waals surface area contributed by atoms with Crippen LogP contribution >= 0.6 is 66.7 Å². The molecule has 1 aliphatic heterocycles. The maximum atomic E-state index is 13.0. The molecule has 0 unspecified atom stereocenters. The summed E-state index contributed by atoms with van der Waals surface area (Å²) in [5, 5.41) is 16.9. The number of aromatic amines is 2. The van der Waals surface area contributed by atoms with Crippen molar-refractivity contribution in [3.8, 4) is 5.75 Å². The molecule has 6 rings (SSSR count). The standard InChI is InChI=1S/C13H16BClN2O2.C7H5BrClFO.C7H4BrClN2.H4N2/c1-12(2)13(3,4)19-14(18-12)9-6-5-8-7-16-17-11(8)10(9)15;1-11-5-3-2-4(8)6(9)7(5)10;8-5-2-1-4-3-10-11-7(4)6(5)9;1-2/h5-7H,1-4H3,(H,16,17);2-3H,1H3;1-3H,(H,10,11);1-2H2. The fourth-order valence-corrected chi connectivity index (χ4v) is 5.08. The molecule has 5 aromatic rings. The van der Waals surface area contributed by atoms with Crippen molar-refractivity contribution in [3.63, 3.8) is 0 Å². The summed E-state index contributed by atoms with van der Waals surface area (Å²) >= 11 is 24.3. The van der Waals surface area contributed by atoms with Crippen LogP contribution in [-0.4, -0.2) is 45.8 Å². The van der Waals surface area contributed by atoms with E-state index in [-0.39, 0.29) is 22.0 Å². The Morgan fingerprint density at radius 1 is 0.791 bits per heavy atom. The third-order valence-corrected chi connectivity index (χ3v) is 9.77. The van der Waals surface area contributed by atoms with E-state index in [9.17, 15) is 4.39 Å². The first-order valence-corrected chi connectivity index (χ1v) is 15.2. The number of nitrogens with one attached hydrogen (secondary N) is 2. The molecule has 0 atom stereocenters. The minimum atomic E-state index is -0.538. The number of aromatic nitrogens is 4. The Hall–Kier alpha value is -1.94. The van der Waals surface area contributed by atoms with E-state index in [2.05, 4.69) is 63.9 Å². The summed E-state index contributed by atoms with van der Waals surface area (Å²) in [5.74, 6) is 7.61. The second-order valence-electron chi connectivity index (χ2n) is 9.96. The molecule has 3 aromatic carbocycles. The van der Waals surface area contributed by atoms with Gasteiger partial charge >= 0.3 is 7.12 Å². The number of fused-ring (bicyclic) bond motifs is 2. The predicted octanol–water partition coefficient (Wildman–Crippen LogP) is 7.56. The zero-order valence-electron chi connectivity index (χ0n) is 23.7. The number of nitrogens with zero attached hydrogens (tertiary/aromatic N) is 2. The minimum Gasteiger partial charge on any atom is -0.494 e. The van der Waals surface area contributed by atoms with Crippen molar-refractivity contribution in [3.05, 3.63) is 78.6 Å². The Balaban J connectivity index is 0.000000182. The average molecular weight is 782 g/mol. The monoisotopic (exact) mass is 778 g/mol. The normalized spacial score (nSPS) is 14.8. The highest BCUT2D eigenvalue weighted by Crippen LogP contribution is 2.37. The van der Waals surface area contributed by atoms with Crippen LogP contribution in [0.15, 0.2) is 57.7 Å². The van der Waals surface area contributed by atoms with Gasteiger partial charge in [-0.1, -0.05) is 46.9 Å². The van der Waals surface area contributed by atoms with Crippen LogP contribution in [0.2, 0.25) is 15.1 Å². The molecule has 16 heteroatoms. The van der Waals surface area contributed by atoms with Gasteiger partial charge in [-0.3, -0.25) is 21.9 Å². The van der Waals surface area contributed by atoms with Crippen molar-refractivity contribution in [1.82, 2.24) is 20.4 Å². The van der Waals surface area contributed by atoms with Gasteiger partial charge in [0.15, 0.2) is 11.6 Å². The lowest BCUT2D eigenvalue weighted by Crippen LogP contribution is -2.41. The largest absolute Gasteiger partial charge is 0.496 e. The van der Waals surface area contributed by atoms with Gasteiger partial charge in [0.2, 0.25) is 0 Å². The van der Waals surface area contributed by atoms with E-state index < -0.39 is 12.9 Å². The number of hydrogen-bond donors (Lipinski definition) is 4. The van der Waals surface area contributed by atoms with Crippen LogP contribution in [0.3, 0.4) is 0 Å². The van der Waals surface area contributed by atoms with E-state index in [1.54, 1.807) is 18.5 Å². The Morgan fingerprint density at radius 3 is 1.79 bits per heavy atom. The van der Waals surface area contributed by atoms with E-state index in [1.807, 2.05) is 52.0 Å². The molecule has 1 fully saturated rings. The molecule has 0 saturated carbocycles. The molecule has 6 N–H and O–H groups in total. The van der Waals surface area contributed by atoms with Crippen LogP contribution in [0.4, 0.5) is 4.39 Å². The topological polar surface area (TPSA) is 137 Å². The Bertz CT molecular complexity index is 1690. The fourth-order valence-electron chi connectivity index (χ4n) is 3.77. The molecule has 1 saturated heterocycles. The summed E-state index contributed by atoms with van der Waals surface area (Å²) in [6.07, 6.45) is 3.49. The van der Waals surface area contributed by atoms with Crippen LogP contribution in [0.1, 0.15) is 27.7 Å². The first-order valence-electron chi connectivity index (χ1n) is 12.5. The number of benzene rings is 3. The van der Waals surface area contributed by atoms with Gasteiger partial charge in [0.1, 0.15) is 0 Å². The van der Waals surface area contributed by atoms with Crippen molar-refractivity contribution < 1.29 is 18.4 Å². The van der Waals surface area contributed by atoms with E-state index in [0.29, 0.717) is 14.5 Å². The van der Waals surface area contributed by atoms with Gasteiger partial charge in [0.25, 0.3) is 0 Å². The third-order valence-electron chi connectivity index (χ3n) is 6.82. The van der Waals surface area contributed by atoms with Gasteiger partial charge in [-0.25, -0.2) is 4.39 Å². The summed E-state index contributed by atoms with van der Waals surface area (Å²) < 4.78 is 31.1. The Morgan fingerprint density at radius 2 is 1.26 bits per heavy atom. The quantitative estimate of drug-likeness (QED) is 0.0628. The van der Waals surface area contributed by atoms with Gasteiger partial charge < -0.3 is 14.0 Å². The number of rotatable bonds is 2. The summed E-state index contributed by atoms with van der Waals surface area (Å²) in [7, 11) is 0.938. The number of halogens is 6. The zero-order chi connectivity index (χ0) is 32.1. The van der Waals surface area contributed by atoms with Crippen molar-refractivity contribution in [2.75, 3.05) is 7.11 Å². The van der Waals surface area contributed by atoms with Gasteiger partial charge in [0.05, 0.1) is 56.8 Å². The minimum absolute atomic E-state index is 0.0457. The van der Waals surface area contributed by atoms with Crippen LogP contribution in [0, 0.1) is 5.82 Å². The van der Waals surface area contributed by atoms with Gasteiger partial charge in [0, 0.05) is 25.2 Å². The lowest BCUT2D eigenvalue weighted by atomic mass is 9.78. The van der Waals surface area contributed by atoms with Crippen LogP contribution in [-0.2, 0) is 9.31 Å². The molecule has 0 bridgehead atoms. The smallest absolute Gasteiger partial charge is 0.494 e. The van der Waals surface area contributed by atoms with E-state index >= 15 is 0 Å². The molecular formula is C27H29BBr2Cl3FN6O3. The summed E-state index contributed by atoms with van der Waals surface area (Å²) in [6, 6.07) is 10.9. The highest BCUT2D eigenvalue weighted by atomic mass is 79.9. The summed E-state index contributed by atoms with van der Waals surface area (Å²) in [4.78, 5) is 0. The first kappa shape index (κ1) is 35.5. The molecule has 0 radical (unpaired) electrons. The van der Waals surface area contributed by atoms with Crippen LogP contribution in [0.25, 0.3) is 21.8 Å². The number of methoxy groups -OCH3 is 1. The maximum absolute atomic E-state index is 13.0. The van der Waals surface area contributed by atoms with Crippen molar-refractivity contribution >= 4 is 101 Å². The number of nitrogens with two attached hydrogens (primary N) is 2. The lowest BCUT2D eigenvalue weighted by molar-refractivity contribution is 0.00578. The SMILES string of the molecule is CC1(C)OB(c2ccc3cn[nH]c3c2Cl)OC1(C)C.COc1ccc(Br)c(Cl)c1F.Clc1c(Br)ccc2cn[nH]c12.NN. The van der Waals surface area contributed by atoms with Crippen molar-refractivity contribution in [2.24, 2.45) is 11.7 Å². The Kier molecular flexibility index (Phi) is 12.3. The molecule has 0 aliphatic carbocycles. The van der Waals surface area contributed by atoms with Gasteiger partial charge in [-0.15, -0.1) is 0 Å². The second-order valence-corrected chi connectivity index (χ2v) is 12.8. The van der Waals surface area contributed by atoms with E-state index in [4.69, 9.17) is 48.8 Å². The van der Waals surface area contributed by atoms with Crippen molar-refractivity contribution in [1.29, 1.82) is 0 Å². The predicted molar refractivity (Wildman–Crippen MR) is 180 cm³/mol. The lowest BCUT2D eigenvalue weighted by Gasteiger charge is -2.32. The van der Waals surface area contributed by atoms with E-state index in [1.165, 1.54) is 13.2 Å². The maximum Gasteiger partial charge on any atom is 0.496 e. The van der Waals surface area contributed by atoms with Crippen molar-refractivity contribution in [2.45, 2.75) is 38.9 Å². The van der Waals surface area contributed by atoms with Gasteiger partial charge in [-0.2, -0.15) is 10.2 Å². The number of ether oxygens (including phenoxy) is 1. The average Bonchev–Trinajstić information content (AvgIpc) is 3.70. The highest BCUT2D eigenvalue weighted by Gasteiger charge is 2.52. The molecular weight excluding hydrogens is 752 g/mol. The molecule has 43 heavy (non-hydrogen) atoms. The third kappa shape index (κ3) is 7.84.